The zero-order chi connectivity index (χ0) is 53.8. The number of nitrogens with zero attached hydrogens (tertiary/aromatic N) is 2. The second kappa shape index (κ2) is 27.0. The van der Waals surface area contributed by atoms with E-state index in [0.717, 1.165) is 28.3 Å². The lowest BCUT2D eigenvalue weighted by atomic mass is 9.87. The number of hydrogen-bond acceptors (Lipinski definition) is 1. The van der Waals surface area contributed by atoms with Gasteiger partial charge < -0.3 is 9.47 Å². The third-order valence-electron chi connectivity index (χ3n) is 13.0. The van der Waals surface area contributed by atoms with Gasteiger partial charge in [0.05, 0.1) is 5.52 Å². The highest BCUT2D eigenvalue weighted by atomic mass is 15.1. The molecule has 0 saturated heterocycles. The number of allylic oxidation sites excluding steroid dienone is 9. The summed E-state index contributed by atoms with van der Waals surface area (Å²) in [6.07, 6.45) is 19.4. The van der Waals surface area contributed by atoms with Gasteiger partial charge in [0.15, 0.2) is 0 Å². The second-order valence-corrected chi connectivity index (χ2v) is 18.0. The lowest BCUT2D eigenvalue weighted by Crippen LogP contribution is -2.13. The van der Waals surface area contributed by atoms with Crippen molar-refractivity contribution in [2.24, 2.45) is 0 Å². The maximum absolute atomic E-state index is 4.10. The molecular formula is C74H68N2. The Morgan fingerprint density at radius 1 is 0.474 bits per heavy atom. The molecule has 0 N–H and O–H groups in total. The summed E-state index contributed by atoms with van der Waals surface area (Å²) in [7, 11) is 0. The first-order chi connectivity index (χ1) is 37.2. The van der Waals surface area contributed by atoms with E-state index in [2.05, 4.69) is 257 Å². The molecule has 0 atom stereocenters. The van der Waals surface area contributed by atoms with E-state index in [1.165, 1.54) is 82.6 Å². The average Bonchev–Trinajstić information content (AvgIpc) is 3.74. The van der Waals surface area contributed by atoms with Gasteiger partial charge in [-0.2, -0.15) is 0 Å². The Bertz CT molecular complexity index is 3670. The van der Waals surface area contributed by atoms with Crippen molar-refractivity contribution in [2.45, 2.75) is 27.7 Å². The van der Waals surface area contributed by atoms with Gasteiger partial charge in [0, 0.05) is 33.8 Å². The van der Waals surface area contributed by atoms with E-state index in [9.17, 15) is 0 Å². The van der Waals surface area contributed by atoms with Crippen LogP contribution in [0.15, 0.2) is 300 Å². The summed E-state index contributed by atoms with van der Waals surface area (Å²) in [6, 6.07) is 73.4. The van der Waals surface area contributed by atoms with E-state index in [4.69, 9.17) is 0 Å². The van der Waals surface area contributed by atoms with Crippen molar-refractivity contribution in [3.63, 3.8) is 0 Å². The van der Waals surface area contributed by atoms with Crippen LogP contribution in [0.5, 0.6) is 0 Å². The lowest BCUT2D eigenvalue weighted by molar-refractivity contribution is 1.08. The molecule has 10 aromatic rings. The van der Waals surface area contributed by atoms with Crippen molar-refractivity contribution in [1.29, 1.82) is 0 Å². The monoisotopic (exact) mass is 985 g/mol. The standard InChI is InChI=1S/C51H41N.C16H15N.C4H6.C3H6/c1-5-7-19-44(6-2)52-36(4)35(3)45-29-25-38(33-50(45)52)23-22-37-24-26-42-34-43(28-27-41(42)32-37)47-20-14-21-49-46(39-15-10-8-11-16-39)30-31-48(51(47)49)40-17-12-9-13-18-40;1-3-14(2)17(15-10-6-4-7-11-15)16-12-8-5-9-13-16;1-3-4-2;1-3-2/h5-34H,2H2,1,3-4H3;3-13H,1-2H2;3-4H,1-2H2;3H,1H2,2H3/b7-5-,23-22+,44-19+;;;. The largest absolute Gasteiger partial charge is 0.314 e. The van der Waals surface area contributed by atoms with Crippen LogP contribution in [0, 0.1) is 13.8 Å². The fourth-order valence-corrected chi connectivity index (χ4v) is 9.29. The number of aromatic nitrogens is 1. The third-order valence-corrected chi connectivity index (χ3v) is 13.0. The second-order valence-electron chi connectivity index (χ2n) is 18.0. The Balaban J connectivity index is 0.000000290. The molecule has 0 spiro atoms. The number of rotatable bonds is 13. The summed E-state index contributed by atoms with van der Waals surface area (Å²) in [5, 5.41) is 6.25. The predicted octanol–water partition coefficient (Wildman–Crippen LogP) is 21.4. The minimum atomic E-state index is 0.863. The molecule has 9 aromatic carbocycles. The van der Waals surface area contributed by atoms with Crippen molar-refractivity contribution in [1.82, 2.24) is 4.57 Å². The molecule has 2 heteroatoms. The van der Waals surface area contributed by atoms with Crippen LogP contribution < -0.4 is 4.90 Å². The van der Waals surface area contributed by atoms with E-state index in [1.54, 1.807) is 24.3 Å². The highest BCUT2D eigenvalue weighted by Crippen LogP contribution is 2.42. The SMILES string of the molecule is C=C/C(=C\C=C/C)n1c(C)c(C)c2ccc(/C=C/c3ccc4cc(-c5cccc6c(-c7ccccc7)ccc(-c7ccccc7)c56)ccc4c3)cc21.C=CC.C=CC(=C)N(c1ccccc1)c1ccccc1.C=CC=C. The fourth-order valence-electron chi connectivity index (χ4n) is 9.29. The van der Waals surface area contributed by atoms with Gasteiger partial charge in [-0.15, -0.1) is 6.58 Å². The van der Waals surface area contributed by atoms with Crippen LogP contribution >= 0.6 is 0 Å². The smallest absolute Gasteiger partial charge is 0.0540 e. The van der Waals surface area contributed by atoms with E-state index >= 15 is 0 Å². The first-order valence-corrected chi connectivity index (χ1v) is 25.7. The lowest BCUT2D eigenvalue weighted by Gasteiger charge is -2.25. The molecule has 374 valence electrons. The molecule has 0 saturated carbocycles. The molecule has 0 amide bonds. The van der Waals surface area contributed by atoms with Crippen LogP contribution in [0.3, 0.4) is 0 Å². The van der Waals surface area contributed by atoms with Crippen LogP contribution in [-0.2, 0) is 0 Å². The molecule has 1 heterocycles. The molecule has 0 aliphatic rings. The molecule has 0 unspecified atom stereocenters. The number of benzene rings is 9. The quantitative estimate of drug-likeness (QED) is 0.0635. The highest BCUT2D eigenvalue weighted by molar-refractivity contribution is 6.12. The minimum absolute atomic E-state index is 0.863. The van der Waals surface area contributed by atoms with Gasteiger partial charge in [0.25, 0.3) is 0 Å². The van der Waals surface area contributed by atoms with Crippen LogP contribution in [0.4, 0.5) is 11.4 Å². The summed E-state index contributed by atoms with van der Waals surface area (Å²) < 4.78 is 2.31. The zero-order valence-corrected chi connectivity index (χ0v) is 44.5. The molecule has 10 rings (SSSR count). The van der Waals surface area contributed by atoms with E-state index < -0.39 is 0 Å². The number of aryl methyl sites for hydroxylation is 1. The number of hydrogen-bond donors (Lipinski definition) is 0. The number of anilines is 2. The maximum atomic E-state index is 4.10. The predicted molar refractivity (Wildman–Crippen MR) is 338 cm³/mol. The van der Waals surface area contributed by atoms with Crippen molar-refractivity contribution in [3.8, 4) is 33.4 Å². The van der Waals surface area contributed by atoms with Crippen LogP contribution in [-0.4, -0.2) is 4.57 Å². The van der Waals surface area contributed by atoms with Gasteiger partial charge in [-0.1, -0.05) is 239 Å². The summed E-state index contributed by atoms with van der Waals surface area (Å²) in [4.78, 5) is 2.08. The summed E-state index contributed by atoms with van der Waals surface area (Å²) in [5.41, 5.74) is 17.6. The topological polar surface area (TPSA) is 8.17 Å². The van der Waals surface area contributed by atoms with Gasteiger partial charge in [-0.25, -0.2) is 0 Å². The highest BCUT2D eigenvalue weighted by Gasteiger charge is 2.16. The Morgan fingerprint density at radius 3 is 1.55 bits per heavy atom. The molecule has 0 aliphatic heterocycles. The molecular weight excluding hydrogens is 917 g/mol. The number of para-hydroxylation sites is 2. The Labute approximate surface area is 452 Å². The van der Waals surface area contributed by atoms with Crippen LogP contribution in [0.25, 0.3) is 83.7 Å². The van der Waals surface area contributed by atoms with Gasteiger partial charge in [-0.3, -0.25) is 0 Å². The molecule has 0 radical (unpaired) electrons. The minimum Gasteiger partial charge on any atom is -0.314 e. The fraction of sp³-hybridized carbons (Fsp3) is 0.0541. The first-order valence-electron chi connectivity index (χ1n) is 25.7. The number of fused-ring (bicyclic) bond motifs is 3. The Morgan fingerprint density at radius 2 is 0.987 bits per heavy atom. The van der Waals surface area contributed by atoms with Crippen molar-refractivity contribution in [2.75, 3.05) is 4.90 Å². The molecule has 0 fully saturated rings. The molecule has 0 aliphatic carbocycles. The Hall–Kier alpha value is -9.50. The molecule has 76 heavy (non-hydrogen) atoms. The van der Waals surface area contributed by atoms with Gasteiger partial charge in [0.1, 0.15) is 0 Å². The summed E-state index contributed by atoms with van der Waals surface area (Å²) in [5.74, 6) is 0. The van der Waals surface area contributed by atoms with Crippen LogP contribution in [0.1, 0.15) is 36.2 Å². The van der Waals surface area contributed by atoms with Crippen molar-refractivity contribution < 1.29 is 0 Å². The van der Waals surface area contributed by atoms with Crippen molar-refractivity contribution >= 4 is 61.7 Å². The molecule has 1 aromatic heterocycles. The van der Waals surface area contributed by atoms with E-state index in [-0.39, 0.29) is 0 Å². The molecule has 0 bridgehead atoms. The van der Waals surface area contributed by atoms with Crippen molar-refractivity contribution in [3.05, 3.63) is 322 Å². The van der Waals surface area contributed by atoms with E-state index in [1.807, 2.05) is 62.4 Å². The zero-order valence-electron chi connectivity index (χ0n) is 44.5. The Kier molecular flexibility index (Phi) is 19.3. The summed E-state index contributed by atoms with van der Waals surface area (Å²) in [6.45, 7) is 30.3. The first kappa shape index (κ1) is 54.3. The average molecular weight is 985 g/mol. The van der Waals surface area contributed by atoms with Gasteiger partial charge >= 0.3 is 0 Å². The normalized spacial score (nSPS) is 10.9. The van der Waals surface area contributed by atoms with E-state index in [0.29, 0.717) is 0 Å². The van der Waals surface area contributed by atoms with Gasteiger partial charge in [0.2, 0.25) is 0 Å². The third kappa shape index (κ3) is 12.8. The van der Waals surface area contributed by atoms with Gasteiger partial charge in [-0.05, 0) is 160 Å². The molecule has 2 nitrogen and oxygen atoms in total. The van der Waals surface area contributed by atoms with Crippen LogP contribution in [0.2, 0.25) is 0 Å². The maximum Gasteiger partial charge on any atom is 0.0540 e. The summed E-state index contributed by atoms with van der Waals surface area (Å²) >= 11 is 0.